The van der Waals surface area contributed by atoms with Crippen LogP contribution in [0.25, 0.3) is 0 Å². The Labute approximate surface area is 110 Å². The fourth-order valence-corrected chi connectivity index (χ4v) is 3.83. The van der Waals surface area contributed by atoms with Gasteiger partial charge in [-0.15, -0.1) is 11.3 Å². The van der Waals surface area contributed by atoms with Crippen LogP contribution in [0, 0.1) is 5.92 Å². The smallest absolute Gasteiger partial charge is 0.231 e. The number of nitrogen functional groups attached to an aromatic ring is 1. The number of rotatable bonds is 2. The molecule has 0 aromatic carbocycles. The number of hydrogen-bond donors (Lipinski definition) is 1. The van der Waals surface area contributed by atoms with E-state index in [1.807, 2.05) is 0 Å². The zero-order valence-electron chi connectivity index (χ0n) is 10.2. The van der Waals surface area contributed by atoms with Crippen LogP contribution in [0.4, 0.5) is 5.00 Å². The fraction of sp³-hybridized carbons (Fsp3) is 0.357. The van der Waals surface area contributed by atoms with Gasteiger partial charge in [0.2, 0.25) is 5.78 Å². The Morgan fingerprint density at radius 3 is 3.11 bits per heavy atom. The van der Waals surface area contributed by atoms with Crippen LogP contribution in [0.15, 0.2) is 22.8 Å². The summed E-state index contributed by atoms with van der Waals surface area (Å²) in [6, 6.07) is 3.42. The van der Waals surface area contributed by atoms with Crippen molar-refractivity contribution in [2.24, 2.45) is 5.92 Å². The second kappa shape index (κ2) is 4.28. The van der Waals surface area contributed by atoms with Crippen LogP contribution >= 0.6 is 11.3 Å². The molecule has 2 aromatic heterocycles. The number of thiophene rings is 1. The highest BCUT2D eigenvalue weighted by Crippen LogP contribution is 2.38. The van der Waals surface area contributed by atoms with E-state index in [4.69, 9.17) is 10.2 Å². The maximum absolute atomic E-state index is 12.4. The minimum atomic E-state index is -0.0791. The first-order valence-corrected chi connectivity index (χ1v) is 6.96. The average molecular weight is 261 g/mol. The van der Waals surface area contributed by atoms with Crippen LogP contribution in [0.1, 0.15) is 39.9 Å². The summed E-state index contributed by atoms with van der Waals surface area (Å²) in [5.41, 5.74) is 7.86. The van der Waals surface area contributed by atoms with E-state index >= 15 is 0 Å². The number of ketones is 1. The first kappa shape index (κ1) is 11.5. The lowest BCUT2D eigenvalue weighted by Crippen LogP contribution is -2.12. The lowest BCUT2D eigenvalue weighted by molar-refractivity contribution is 0.101. The zero-order chi connectivity index (χ0) is 12.7. The molecule has 0 amide bonds. The van der Waals surface area contributed by atoms with Crippen molar-refractivity contribution >= 4 is 22.1 Å². The van der Waals surface area contributed by atoms with Crippen molar-refractivity contribution in [2.75, 3.05) is 5.73 Å². The molecule has 2 heterocycles. The second-order valence-corrected chi connectivity index (χ2v) is 6.03. The lowest BCUT2D eigenvalue weighted by Gasteiger charge is -2.18. The number of carbonyl (C=O) groups excluding carboxylic acids is 1. The summed E-state index contributed by atoms with van der Waals surface area (Å²) in [6.45, 7) is 2.24. The Balaban J connectivity index is 2.05. The molecule has 0 bridgehead atoms. The van der Waals surface area contributed by atoms with Crippen molar-refractivity contribution in [3.63, 3.8) is 0 Å². The van der Waals surface area contributed by atoms with Gasteiger partial charge in [-0.05, 0) is 42.9 Å². The Hall–Kier alpha value is -1.55. The highest BCUT2D eigenvalue weighted by atomic mass is 32.1. The maximum atomic E-state index is 12.4. The molecule has 0 saturated heterocycles. The highest BCUT2D eigenvalue weighted by molar-refractivity contribution is 7.16. The van der Waals surface area contributed by atoms with Crippen molar-refractivity contribution < 1.29 is 9.21 Å². The highest BCUT2D eigenvalue weighted by Gasteiger charge is 2.27. The van der Waals surface area contributed by atoms with Crippen LogP contribution < -0.4 is 5.73 Å². The molecular formula is C14H15NO2S. The van der Waals surface area contributed by atoms with E-state index in [1.54, 1.807) is 23.5 Å². The molecule has 0 spiro atoms. The fourth-order valence-electron chi connectivity index (χ4n) is 2.55. The first-order valence-electron chi connectivity index (χ1n) is 6.15. The van der Waals surface area contributed by atoms with Crippen molar-refractivity contribution in [1.82, 2.24) is 0 Å². The summed E-state index contributed by atoms with van der Waals surface area (Å²) < 4.78 is 5.19. The first-order chi connectivity index (χ1) is 8.66. The molecule has 0 fully saturated rings. The van der Waals surface area contributed by atoms with Gasteiger partial charge in [0.25, 0.3) is 0 Å². The maximum Gasteiger partial charge on any atom is 0.231 e. The van der Waals surface area contributed by atoms with Crippen molar-refractivity contribution in [3.05, 3.63) is 40.2 Å². The SMILES string of the molecule is C[C@H]1CCc2c(sc(N)c2C(=O)c2ccco2)C1. The second-order valence-electron chi connectivity index (χ2n) is 4.90. The third-order valence-corrected chi connectivity index (χ3v) is 4.59. The Morgan fingerprint density at radius 1 is 1.56 bits per heavy atom. The van der Waals surface area contributed by atoms with E-state index in [1.165, 1.54) is 11.1 Å². The van der Waals surface area contributed by atoms with E-state index in [2.05, 4.69) is 6.92 Å². The largest absolute Gasteiger partial charge is 0.461 e. The van der Waals surface area contributed by atoms with Gasteiger partial charge >= 0.3 is 0 Å². The van der Waals surface area contributed by atoms with E-state index in [9.17, 15) is 4.79 Å². The van der Waals surface area contributed by atoms with Crippen LogP contribution in [-0.2, 0) is 12.8 Å². The number of hydrogen-bond acceptors (Lipinski definition) is 4. The van der Waals surface area contributed by atoms with Gasteiger partial charge in [-0.25, -0.2) is 0 Å². The molecule has 3 nitrogen and oxygen atoms in total. The quantitative estimate of drug-likeness (QED) is 0.844. The number of furan rings is 1. The molecule has 2 N–H and O–H groups in total. The molecule has 0 aliphatic heterocycles. The van der Waals surface area contributed by atoms with E-state index in [-0.39, 0.29) is 5.78 Å². The molecule has 4 heteroatoms. The summed E-state index contributed by atoms with van der Waals surface area (Å²) in [6.07, 6.45) is 4.63. The number of nitrogens with two attached hydrogens (primary N) is 1. The molecule has 1 aliphatic carbocycles. The van der Waals surface area contributed by atoms with E-state index in [0.717, 1.165) is 24.8 Å². The van der Waals surface area contributed by atoms with Gasteiger partial charge in [-0.3, -0.25) is 4.79 Å². The third kappa shape index (κ3) is 1.77. The predicted octanol–water partition coefficient (Wildman–Crippen LogP) is 3.28. The van der Waals surface area contributed by atoms with Crippen LogP contribution in [0.2, 0.25) is 0 Å². The Kier molecular flexibility index (Phi) is 2.74. The van der Waals surface area contributed by atoms with Gasteiger partial charge in [-0.1, -0.05) is 6.92 Å². The molecule has 3 rings (SSSR count). The minimum absolute atomic E-state index is 0.0791. The topological polar surface area (TPSA) is 56.2 Å². The predicted molar refractivity (Wildman–Crippen MR) is 72.1 cm³/mol. The number of anilines is 1. The van der Waals surface area contributed by atoms with Crippen LogP contribution in [0.5, 0.6) is 0 Å². The van der Waals surface area contributed by atoms with Gasteiger partial charge < -0.3 is 10.2 Å². The molecule has 94 valence electrons. The van der Waals surface area contributed by atoms with Crippen LogP contribution in [0.3, 0.4) is 0 Å². The Morgan fingerprint density at radius 2 is 2.39 bits per heavy atom. The van der Waals surface area contributed by atoms with Gasteiger partial charge in [-0.2, -0.15) is 0 Å². The summed E-state index contributed by atoms with van der Waals surface area (Å²) in [5.74, 6) is 0.979. The zero-order valence-corrected chi connectivity index (χ0v) is 11.0. The van der Waals surface area contributed by atoms with E-state index < -0.39 is 0 Å². The lowest BCUT2D eigenvalue weighted by atomic mass is 9.87. The number of fused-ring (bicyclic) bond motifs is 1. The van der Waals surface area contributed by atoms with Crippen molar-refractivity contribution in [2.45, 2.75) is 26.2 Å². The van der Waals surface area contributed by atoms with Crippen molar-refractivity contribution in [1.29, 1.82) is 0 Å². The standard InChI is InChI=1S/C14H15NO2S/c1-8-4-5-9-11(7-8)18-14(15)12(9)13(16)10-3-2-6-17-10/h2-3,6,8H,4-5,7,15H2,1H3/t8-/m0/s1. The third-order valence-electron chi connectivity index (χ3n) is 3.51. The monoisotopic (exact) mass is 261 g/mol. The summed E-state index contributed by atoms with van der Waals surface area (Å²) >= 11 is 1.56. The molecule has 0 unspecified atom stereocenters. The average Bonchev–Trinajstić information content (AvgIpc) is 2.94. The van der Waals surface area contributed by atoms with Crippen LogP contribution in [-0.4, -0.2) is 5.78 Å². The normalized spacial score (nSPS) is 18.6. The number of carbonyl (C=O) groups is 1. The molecule has 0 saturated carbocycles. The van der Waals surface area contributed by atoms with Gasteiger partial charge in [0, 0.05) is 4.88 Å². The molecular weight excluding hydrogens is 246 g/mol. The summed E-state index contributed by atoms with van der Waals surface area (Å²) in [5, 5.41) is 0.635. The molecule has 0 radical (unpaired) electrons. The van der Waals surface area contributed by atoms with Crippen molar-refractivity contribution in [3.8, 4) is 0 Å². The summed E-state index contributed by atoms with van der Waals surface area (Å²) in [4.78, 5) is 13.7. The van der Waals surface area contributed by atoms with Gasteiger partial charge in [0.1, 0.15) is 0 Å². The Bertz CT molecular complexity index is 583. The molecule has 1 atom stereocenters. The molecule has 2 aromatic rings. The summed E-state index contributed by atoms with van der Waals surface area (Å²) in [7, 11) is 0. The molecule has 1 aliphatic rings. The molecule has 18 heavy (non-hydrogen) atoms. The van der Waals surface area contributed by atoms with Gasteiger partial charge in [0.05, 0.1) is 16.8 Å². The van der Waals surface area contributed by atoms with Gasteiger partial charge in [0.15, 0.2) is 5.76 Å². The minimum Gasteiger partial charge on any atom is -0.461 e. The van der Waals surface area contributed by atoms with E-state index in [0.29, 0.717) is 22.2 Å².